The third kappa shape index (κ3) is 5.87. The second kappa shape index (κ2) is 8.31. The summed E-state index contributed by atoms with van der Waals surface area (Å²) in [6.07, 6.45) is 7.32. The molecule has 0 aromatic rings. The minimum Gasteiger partial charge on any atom is -0.380 e. The van der Waals surface area contributed by atoms with E-state index in [1.165, 1.54) is 31.3 Å². The summed E-state index contributed by atoms with van der Waals surface area (Å²) in [5.74, 6) is 0.895. The summed E-state index contributed by atoms with van der Waals surface area (Å²) in [6.45, 7) is 7.46. The van der Waals surface area contributed by atoms with Crippen molar-refractivity contribution in [1.82, 2.24) is 0 Å². The fourth-order valence-corrected chi connectivity index (χ4v) is 1.57. The van der Waals surface area contributed by atoms with Crippen LogP contribution in [0.15, 0.2) is 11.6 Å². The number of hydrogen-bond acceptors (Lipinski definition) is 1. The van der Waals surface area contributed by atoms with Gasteiger partial charge in [-0.3, -0.25) is 0 Å². The quantitative estimate of drug-likeness (QED) is 0.547. The average Bonchev–Trinajstić information content (AvgIpc) is 2.17. The first-order valence-corrected chi connectivity index (χ1v) is 5.41. The van der Waals surface area contributed by atoms with E-state index in [2.05, 4.69) is 26.8 Å². The van der Waals surface area contributed by atoms with Crippen LogP contribution < -0.4 is 0 Å². The molecule has 0 heterocycles. The van der Waals surface area contributed by atoms with E-state index in [-0.39, 0.29) is 0 Å². The van der Waals surface area contributed by atoms with Gasteiger partial charge in [0.05, 0.1) is 6.61 Å². The zero-order valence-electron chi connectivity index (χ0n) is 9.60. The summed E-state index contributed by atoms with van der Waals surface area (Å²) in [7, 11) is 1.76. The molecule has 0 aliphatic rings. The van der Waals surface area contributed by atoms with Gasteiger partial charge in [0.25, 0.3) is 0 Å². The van der Waals surface area contributed by atoms with E-state index >= 15 is 0 Å². The Bertz CT molecular complexity index is 134. The second-order valence-electron chi connectivity index (χ2n) is 3.60. The van der Waals surface area contributed by atoms with Crippen LogP contribution in [0.3, 0.4) is 0 Å². The Hall–Kier alpha value is -0.300. The molecule has 0 saturated heterocycles. The van der Waals surface area contributed by atoms with Gasteiger partial charge in [0.2, 0.25) is 0 Å². The van der Waals surface area contributed by atoms with Crippen LogP contribution in [0, 0.1) is 5.92 Å². The number of methoxy groups -OCH3 is 1. The fourth-order valence-electron chi connectivity index (χ4n) is 1.57. The zero-order valence-corrected chi connectivity index (χ0v) is 9.60. The van der Waals surface area contributed by atoms with Gasteiger partial charge >= 0.3 is 0 Å². The molecule has 1 heteroatoms. The van der Waals surface area contributed by atoms with Crippen molar-refractivity contribution < 1.29 is 4.74 Å². The maximum Gasteiger partial charge on any atom is 0.0672 e. The molecule has 0 N–H and O–H groups in total. The third-order valence-electron chi connectivity index (χ3n) is 2.77. The Balaban J connectivity index is 3.70. The van der Waals surface area contributed by atoms with Gasteiger partial charge in [-0.1, -0.05) is 32.8 Å². The zero-order chi connectivity index (χ0) is 10.1. The molecule has 78 valence electrons. The second-order valence-corrected chi connectivity index (χ2v) is 3.60. The summed E-state index contributed by atoms with van der Waals surface area (Å²) in [6, 6.07) is 0. The van der Waals surface area contributed by atoms with Crippen LogP contribution in [0.2, 0.25) is 0 Å². The first-order valence-electron chi connectivity index (χ1n) is 5.41. The molecular weight excluding hydrogens is 160 g/mol. The van der Waals surface area contributed by atoms with Crippen molar-refractivity contribution in [2.75, 3.05) is 13.7 Å². The Morgan fingerprint density at radius 3 is 2.31 bits per heavy atom. The van der Waals surface area contributed by atoms with Crippen molar-refractivity contribution >= 4 is 0 Å². The molecule has 0 fully saturated rings. The van der Waals surface area contributed by atoms with E-state index in [4.69, 9.17) is 4.74 Å². The lowest BCUT2D eigenvalue weighted by molar-refractivity contribution is 0.221. The summed E-state index contributed by atoms with van der Waals surface area (Å²) in [4.78, 5) is 0. The minimum absolute atomic E-state index is 0.802. The molecule has 13 heavy (non-hydrogen) atoms. The highest BCUT2D eigenvalue weighted by Gasteiger charge is 2.04. The molecule has 0 radical (unpaired) electrons. The maximum atomic E-state index is 5.13. The molecule has 0 atom stereocenters. The predicted molar refractivity (Wildman–Crippen MR) is 58.9 cm³/mol. The Labute approximate surface area is 83.2 Å². The Morgan fingerprint density at radius 2 is 1.92 bits per heavy atom. The van der Waals surface area contributed by atoms with Gasteiger partial charge in [0.1, 0.15) is 0 Å². The Kier molecular flexibility index (Phi) is 8.11. The lowest BCUT2D eigenvalue weighted by Gasteiger charge is -2.13. The van der Waals surface area contributed by atoms with Gasteiger partial charge in [-0.25, -0.2) is 0 Å². The largest absolute Gasteiger partial charge is 0.380 e. The SMILES string of the molecule is C/C=C(\CCC(CC)CC)COC. The number of hydrogen-bond donors (Lipinski definition) is 0. The van der Waals surface area contributed by atoms with Crippen LogP contribution in [0.25, 0.3) is 0 Å². The first-order chi connectivity index (χ1) is 6.28. The van der Waals surface area contributed by atoms with Crippen molar-refractivity contribution in [2.24, 2.45) is 5.92 Å². The normalized spacial score (nSPS) is 12.5. The molecule has 0 aliphatic heterocycles. The van der Waals surface area contributed by atoms with Crippen LogP contribution in [-0.4, -0.2) is 13.7 Å². The van der Waals surface area contributed by atoms with Crippen molar-refractivity contribution in [2.45, 2.75) is 46.5 Å². The molecule has 0 bridgehead atoms. The highest BCUT2D eigenvalue weighted by Crippen LogP contribution is 2.18. The van der Waals surface area contributed by atoms with Crippen LogP contribution in [0.1, 0.15) is 46.5 Å². The maximum absolute atomic E-state index is 5.13. The predicted octanol–water partition coefficient (Wildman–Crippen LogP) is 3.80. The van der Waals surface area contributed by atoms with Gasteiger partial charge in [-0.15, -0.1) is 0 Å². The van der Waals surface area contributed by atoms with Crippen LogP contribution in [-0.2, 0) is 4.74 Å². The van der Waals surface area contributed by atoms with E-state index < -0.39 is 0 Å². The average molecular weight is 184 g/mol. The van der Waals surface area contributed by atoms with Gasteiger partial charge in [0.15, 0.2) is 0 Å². The molecule has 0 rings (SSSR count). The monoisotopic (exact) mass is 184 g/mol. The lowest BCUT2D eigenvalue weighted by Crippen LogP contribution is -2.00. The van der Waals surface area contributed by atoms with Gasteiger partial charge < -0.3 is 4.74 Å². The summed E-state index contributed by atoms with van der Waals surface area (Å²) in [5.41, 5.74) is 1.44. The topological polar surface area (TPSA) is 9.23 Å². The Morgan fingerprint density at radius 1 is 1.31 bits per heavy atom. The van der Waals surface area contributed by atoms with Crippen LogP contribution in [0.5, 0.6) is 0 Å². The van der Waals surface area contributed by atoms with Crippen molar-refractivity contribution in [3.8, 4) is 0 Å². The van der Waals surface area contributed by atoms with Gasteiger partial charge in [-0.2, -0.15) is 0 Å². The standard InChI is InChI=1S/C12H24O/c1-5-11(6-2)8-9-12(7-3)10-13-4/h7,11H,5-6,8-10H2,1-4H3/b12-7+. The number of ether oxygens (including phenoxy) is 1. The lowest BCUT2D eigenvalue weighted by atomic mass is 9.95. The van der Waals surface area contributed by atoms with E-state index in [1.54, 1.807) is 7.11 Å². The van der Waals surface area contributed by atoms with E-state index in [0.29, 0.717) is 0 Å². The van der Waals surface area contributed by atoms with Gasteiger partial charge in [-0.05, 0) is 31.3 Å². The van der Waals surface area contributed by atoms with E-state index in [0.717, 1.165) is 12.5 Å². The van der Waals surface area contributed by atoms with Gasteiger partial charge in [0, 0.05) is 7.11 Å². The molecule has 0 spiro atoms. The number of rotatable bonds is 7. The van der Waals surface area contributed by atoms with E-state index in [1.807, 2.05) is 0 Å². The van der Waals surface area contributed by atoms with Crippen molar-refractivity contribution in [3.63, 3.8) is 0 Å². The first kappa shape index (κ1) is 12.7. The highest BCUT2D eigenvalue weighted by atomic mass is 16.5. The van der Waals surface area contributed by atoms with Crippen molar-refractivity contribution in [3.05, 3.63) is 11.6 Å². The summed E-state index contributed by atoms with van der Waals surface area (Å²) in [5, 5.41) is 0. The molecule has 0 aromatic heterocycles. The number of allylic oxidation sites excluding steroid dienone is 1. The molecule has 1 nitrogen and oxygen atoms in total. The molecule has 0 aromatic carbocycles. The molecule has 0 unspecified atom stereocenters. The molecule has 0 saturated carbocycles. The highest BCUT2D eigenvalue weighted by molar-refractivity contribution is 5.00. The van der Waals surface area contributed by atoms with E-state index in [9.17, 15) is 0 Å². The molecule has 0 aliphatic carbocycles. The fraction of sp³-hybridized carbons (Fsp3) is 0.833. The summed E-state index contributed by atoms with van der Waals surface area (Å²) >= 11 is 0. The minimum atomic E-state index is 0.802. The third-order valence-corrected chi connectivity index (χ3v) is 2.77. The summed E-state index contributed by atoms with van der Waals surface area (Å²) < 4.78 is 5.13. The smallest absolute Gasteiger partial charge is 0.0672 e. The van der Waals surface area contributed by atoms with Crippen LogP contribution >= 0.6 is 0 Å². The van der Waals surface area contributed by atoms with Crippen LogP contribution in [0.4, 0.5) is 0 Å². The molecular formula is C12H24O. The molecule has 0 amide bonds. The van der Waals surface area contributed by atoms with Crippen molar-refractivity contribution in [1.29, 1.82) is 0 Å².